The minimum Gasteiger partial charge on any atom is -0.471 e. The van der Waals surface area contributed by atoms with Gasteiger partial charge in [-0.25, -0.2) is 9.97 Å². The van der Waals surface area contributed by atoms with Crippen molar-refractivity contribution in [2.45, 2.75) is 72.5 Å². The second-order valence-corrected chi connectivity index (χ2v) is 13.1. The van der Waals surface area contributed by atoms with Gasteiger partial charge in [0.25, 0.3) is 6.47 Å². The fraction of sp³-hybridized carbons (Fsp3) is 0.382. The molecular formula is C34H43F3N4O6S. The number of nitrogens with zero attached hydrogens (tertiary/aromatic N) is 4. The van der Waals surface area contributed by atoms with E-state index in [1.54, 1.807) is 20.8 Å². The van der Waals surface area contributed by atoms with Crippen LogP contribution in [0.2, 0.25) is 0 Å². The van der Waals surface area contributed by atoms with Gasteiger partial charge < -0.3 is 23.5 Å². The van der Waals surface area contributed by atoms with Crippen molar-refractivity contribution in [1.29, 1.82) is 0 Å². The maximum Gasteiger partial charge on any atom is 0.534 e. The van der Waals surface area contributed by atoms with Gasteiger partial charge in [0.15, 0.2) is 5.75 Å². The van der Waals surface area contributed by atoms with Crippen molar-refractivity contribution >= 4 is 39.1 Å². The molecule has 1 N–H and O–H groups in total. The molecule has 4 aromatic rings. The summed E-state index contributed by atoms with van der Waals surface area (Å²) < 4.78 is 71.0. The van der Waals surface area contributed by atoms with E-state index in [0.29, 0.717) is 19.6 Å². The van der Waals surface area contributed by atoms with Gasteiger partial charge in [-0.15, -0.1) is 13.2 Å². The van der Waals surface area contributed by atoms with Crippen LogP contribution in [0.1, 0.15) is 50.1 Å². The Morgan fingerprint density at radius 2 is 1.54 bits per heavy atom. The Morgan fingerprint density at radius 3 is 2.00 bits per heavy atom. The number of carbonyl (C=O) groups is 1. The third kappa shape index (κ3) is 9.34. The van der Waals surface area contributed by atoms with Crippen LogP contribution in [0.25, 0.3) is 22.0 Å². The van der Waals surface area contributed by atoms with Crippen molar-refractivity contribution in [3.05, 3.63) is 78.3 Å². The highest BCUT2D eigenvalue weighted by Crippen LogP contribution is 2.46. The molecule has 0 spiro atoms. The minimum atomic E-state index is -5.80. The highest BCUT2D eigenvalue weighted by atomic mass is 32.2. The number of benzene rings is 2. The average molecular weight is 693 g/mol. The Balaban J connectivity index is 0.000000639. The van der Waals surface area contributed by atoms with Gasteiger partial charge in [0.1, 0.15) is 0 Å². The van der Waals surface area contributed by atoms with E-state index in [1.165, 1.54) is 23.8 Å². The molecule has 0 unspecified atom stereocenters. The Hall–Kier alpha value is -4.43. The lowest BCUT2D eigenvalue weighted by molar-refractivity contribution is -0.126. The number of halogens is 3. The zero-order chi connectivity index (χ0) is 36.6. The number of rotatable bonds is 6. The molecule has 48 heavy (non-hydrogen) atoms. The van der Waals surface area contributed by atoms with E-state index in [-0.39, 0.29) is 5.95 Å². The number of ether oxygens (including phenoxy) is 1. The van der Waals surface area contributed by atoms with Crippen LogP contribution in [-0.4, -0.2) is 59.3 Å². The number of aliphatic hydroxyl groups is 1. The van der Waals surface area contributed by atoms with Crippen molar-refractivity contribution < 1.29 is 40.4 Å². The topological polar surface area (TPSA) is 124 Å². The Morgan fingerprint density at radius 1 is 1.02 bits per heavy atom. The summed E-state index contributed by atoms with van der Waals surface area (Å²) in [7, 11) is -4.49. The Labute approximate surface area is 280 Å². The van der Waals surface area contributed by atoms with E-state index in [0.717, 1.165) is 52.2 Å². The summed E-state index contributed by atoms with van der Waals surface area (Å²) in [6, 6.07) is 10.7. The Bertz CT molecular complexity index is 1790. The lowest BCUT2D eigenvalue weighted by Crippen LogP contribution is -2.30. The number of alkyl halides is 3. The van der Waals surface area contributed by atoms with Crippen LogP contribution in [0.4, 0.5) is 24.8 Å². The largest absolute Gasteiger partial charge is 0.534 e. The molecule has 0 bridgehead atoms. The smallest absolute Gasteiger partial charge is 0.471 e. The monoisotopic (exact) mass is 692 g/mol. The van der Waals surface area contributed by atoms with Crippen LogP contribution in [0.15, 0.2) is 55.9 Å². The first-order valence-electron chi connectivity index (χ1n) is 14.9. The zero-order valence-corrected chi connectivity index (χ0v) is 29.3. The summed E-state index contributed by atoms with van der Waals surface area (Å²) in [5.41, 5.74) is 2.80. The second kappa shape index (κ2) is 16.1. The van der Waals surface area contributed by atoms with Crippen molar-refractivity contribution in [2.24, 2.45) is 0 Å². The molecule has 0 saturated heterocycles. The van der Waals surface area contributed by atoms with E-state index < -0.39 is 27.0 Å². The van der Waals surface area contributed by atoms with Crippen LogP contribution in [-0.2, 0) is 32.6 Å². The van der Waals surface area contributed by atoms with Crippen LogP contribution >= 0.6 is 0 Å². The van der Waals surface area contributed by atoms with Crippen molar-refractivity contribution in [3.8, 4) is 16.9 Å². The van der Waals surface area contributed by atoms with E-state index in [2.05, 4.69) is 94.6 Å². The first kappa shape index (κ1) is 39.7. The molecule has 10 nitrogen and oxygen atoms in total. The normalized spacial score (nSPS) is 12.5. The first-order chi connectivity index (χ1) is 22.3. The van der Waals surface area contributed by atoms with Crippen molar-refractivity contribution in [2.75, 3.05) is 18.6 Å². The average Bonchev–Trinajstić information content (AvgIpc) is 3.35. The van der Waals surface area contributed by atoms with E-state index in [4.69, 9.17) is 9.90 Å². The lowest BCUT2D eigenvalue weighted by Gasteiger charge is -2.33. The van der Waals surface area contributed by atoms with Gasteiger partial charge in [-0.2, -0.15) is 21.6 Å². The molecule has 0 fully saturated rings. The van der Waals surface area contributed by atoms with Gasteiger partial charge in [0, 0.05) is 24.2 Å². The SMILES string of the molecule is C=C.CC(C)(C)O.CCc1c(C)c2c3c(cc(C)n3CCN2c2ncc(OS(=O)(=O)C(F)(F)F)cn2)c1-c1ccc(C)cc1.COC=O. The van der Waals surface area contributed by atoms with Gasteiger partial charge >= 0.3 is 15.6 Å². The summed E-state index contributed by atoms with van der Waals surface area (Å²) in [4.78, 5) is 19.2. The number of hydrogen-bond acceptors (Lipinski definition) is 9. The van der Waals surface area contributed by atoms with E-state index in [9.17, 15) is 21.6 Å². The lowest BCUT2D eigenvalue weighted by atomic mass is 9.89. The molecule has 14 heteroatoms. The maximum atomic E-state index is 12.7. The van der Waals surface area contributed by atoms with Crippen LogP contribution in [0.5, 0.6) is 5.75 Å². The van der Waals surface area contributed by atoms with Gasteiger partial charge in [-0.1, -0.05) is 36.8 Å². The van der Waals surface area contributed by atoms with Crippen molar-refractivity contribution in [1.82, 2.24) is 14.5 Å². The van der Waals surface area contributed by atoms with Gasteiger partial charge in [-0.05, 0) is 76.3 Å². The molecule has 3 heterocycles. The molecule has 0 radical (unpaired) electrons. The second-order valence-electron chi connectivity index (χ2n) is 11.6. The number of hydrogen-bond donors (Lipinski definition) is 1. The number of methoxy groups -OCH3 is 1. The predicted octanol–water partition coefficient (Wildman–Crippen LogP) is 7.33. The van der Waals surface area contributed by atoms with Gasteiger partial charge in [0.05, 0.1) is 36.3 Å². The van der Waals surface area contributed by atoms with Crippen LogP contribution in [0.3, 0.4) is 0 Å². The molecule has 1 aliphatic rings. The fourth-order valence-corrected chi connectivity index (χ4v) is 5.52. The molecule has 262 valence electrons. The summed E-state index contributed by atoms with van der Waals surface area (Å²) in [5, 5.41) is 9.63. The molecule has 0 atom stereocenters. The number of aryl methyl sites for hydroxylation is 2. The summed E-state index contributed by atoms with van der Waals surface area (Å²) in [6.45, 7) is 21.1. The molecule has 0 amide bonds. The molecular weight excluding hydrogens is 649 g/mol. The molecule has 1 aliphatic heterocycles. The molecule has 2 aromatic heterocycles. The quantitative estimate of drug-likeness (QED) is 0.0957. The summed E-state index contributed by atoms with van der Waals surface area (Å²) >= 11 is 0. The van der Waals surface area contributed by atoms with Gasteiger partial charge in [0.2, 0.25) is 5.95 Å². The molecule has 2 aromatic carbocycles. The number of carbonyl (C=O) groups excluding carboxylic acids is 1. The molecule has 5 rings (SSSR count). The standard InChI is InChI=1S/C26H25F3N4O3S.C4H10O.C2H4O2.C2H4/c1-5-20-17(4)23-24-21(22(20)18-8-6-15(2)7-9-18)12-16(3)32(24)10-11-33(23)25-30-13-19(14-31-25)36-37(34,35)26(27,28)29;1-4(2,3)5;1-4-2-3;1-2/h6-9,12-14H,5,10-11H2,1-4H3;5H,1-3H3;2H,1H3;1-2H2. The Kier molecular flexibility index (Phi) is 13.3. The maximum absolute atomic E-state index is 12.7. The summed E-state index contributed by atoms with van der Waals surface area (Å²) in [5.74, 6) is -0.362. The predicted molar refractivity (Wildman–Crippen MR) is 182 cm³/mol. The first-order valence-corrected chi connectivity index (χ1v) is 16.3. The van der Waals surface area contributed by atoms with E-state index >= 15 is 0 Å². The van der Waals surface area contributed by atoms with E-state index in [1.807, 2.05) is 4.90 Å². The highest BCUT2D eigenvalue weighted by molar-refractivity contribution is 7.88. The molecule has 0 aliphatic carbocycles. The molecule has 0 saturated carbocycles. The van der Waals surface area contributed by atoms with Crippen LogP contribution in [0, 0.1) is 20.8 Å². The number of aromatic nitrogens is 3. The third-order valence-electron chi connectivity index (χ3n) is 6.86. The summed E-state index contributed by atoms with van der Waals surface area (Å²) in [6.07, 6.45) is 2.68. The van der Waals surface area contributed by atoms with Gasteiger partial charge in [-0.3, -0.25) is 4.79 Å². The third-order valence-corrected chi connectivity index (χ3v) is 7.84. The minimum absolute atomic E-state index is 0.247. The zero-order valence-electron chi connectivity index (χ0n) is 28.5. The fourth-order valence-electron chi connectivity index (χ4n) is 5.08. The number of anilines is 2. The highest BCUT2D eigenvalue weighted by Gasteiger charge is 2.48. The van der Waals surface area contributed by atoms with Crippen molar-refractivity contribution in [3.63, 3.8) is 0 Å². The van der Waals surface area contributed by atoms with Crippen LogP contribution < -0.4 is 9.08 Å².